The Morgan fingerprint density at radius 1 is 1.50 bits per heavy atom. The Hall–Kier alpha value is -0.520. The summed E-state index contributed by atoms with van der Waals surface area (Å²) in [6.07, 6.45) is -2.28. The number of hydrogen-bond acceptors (Lipinski definition) is 8. The van der Waals surface area contributed by atoms with Crippen molar-refractivity contribution in [2.24, 2.45) is 0 Å². The van der Waals surface area contributed by atoms with E-state index in [0.29, 0.717) is 0 Å². The van der Waals surface area contributed by atoms with E-state index in [9.17, 15) is 13.6 Å². The fraction of sp³-hybridized carbons (Fsp3) is 0.833. The second-order valence-electron chi connectivity index (χ2n) is 2.79. The Labute approximate surface area is 92.3 Å². The van der Waals surface area contributed by atoms with Crippen molar-refractivity contribution in [1.82, 2.24) is 0 Å². The van der Waals surface area contributed by atoms with Gasteiger partial charge in [0.05, 0.1) is 13.2 Å². The van der Waals surface area contributed by atoms with Crippen LogP contribution in [0.15, 0.2) is 0 Å². The van der Waals surface area contributed by atoms with Crippen LogP contribution in [0, 0.1) is 0 Å². The van der Waals surface area contributed by atoms with E-state index >= 15 is 0 Å². The molecule has 0 amide bonds. The number of alkyl halides is 2. The number of rotatable bonds is 5. The first-order valence-corrected chi connectivity index (χ1v) is 4.72. The smallest absolute Gasteiger partial charge is 0.415 e. The lowest BCUT2D eigenvalue weighted by atomic mass is 10.3. The van der Waals surface area contributed by atoms with Crippen molar-refractivity contribution in [3.8, 4) is 0 Å². The van der Waals surface area contributed by atoms with Gasteiger partial charge in [0.15, 0.2) is 6.10 Å². The van der Waals surface area contributed by atoms with E-state index in [0.717, 1.165) is 0 Å². The zero-order valence-electron chi connectivity index (χ0n) is 7.67. The van der Waals surface area contributed by atoms with Gasteiger partial charge in [0, 0.05) is 0 Å². The minimum atomic E-state index is -4.06. The van der Waals surface area contributed by atoms with E-state index in [2.05, 4.69) is 18.8 Å². The molecule has 0 aromatic rings. The quantitative estimate of drug-likeness (QED) is 0.308. The molecular formula is C6H8F2O7S. The maximum atomic E-state index is 12.8. The summed E-state index contributed by atoms with van der Waals surface area (Å²) in [6, 6.07) is 0. The molecule has 0 radical (unpaired) electrons. The summed E-state index contributed by atoms with van der Waals surface area (Å²) in [5, 5.41) is 15.6. The van der Waals surface area contributed by atoms with Gasteiger partial charge in [-0.3, -0.25) is 0 Å². The number of hydrogen-bond donors (Lipinski definition) is 2. The molecule has 0 spiro atoms. The number of esters is 1. The summed E-state index contributed by atoms with van der Waals surface area (Å²) in [4.78, 5) is 10.9. The zero-order valence-corrected chi connectivity index (χ0v) is 8.49. The molecule has 0 aromatic heterocycles. The molecule has 1 saturated heterocycles. The zero-order chi connectivity index (χ0) is 12.2. The molecular weight excluding hydrogens is 254 g/mol. The molecule has 0 bridgehead atoms. The molecule has 1 rings (SSSR count). The Morgan fingerprint density at radius 2 is 2.19 bits per heavy atom. The number of ether oxygens (including phenoxy) is 2. The molecule has 2 atom stereocenters. The summed E-state index contributed by atoms with van der Waals surface area (Å²) < 4.78 is 38.1. The lowest BCUT2D eigenvalue weighted by Gasteiger charge is -2.17. The molecule has 0 saturated carbocycles. The maximum absolute atomic E-state index is 12.8. The molecule has 1 aliphatic heterocycles. The summed E-state index contributed by atoms with van der Waals surface area (Å²) in [5.74, 6) is -1.93. The Kier molecular flexibility index (Phi) is 4.83. The van der Waals surface area contributed by atoms with Crippen molar-refractivity contribution in [1.29, 1.82) is 0 Å². The number of carbonyl (C=O) groups excluding carboxylic acids is 1. The molecule has 7 nitrogen and oxygen atoms in total. The normalized spacial score (nSPS) is 25.8. The molecule has 1 heterocycles. The van der Waals surface area contributed by atoms with Crippen molar-refractivity contribution in [3.05, 3.63) is 0 Å². The van der Waals surface area contributed by atoms with Crippen molar-refractivity contribution in [2.45, 2.75) is 17.5 Å². The minimum Gasteiger partial charge on any atom is -0.452 e. The molecule has 94 valence electrons. The van der Waals surface area contributed by atoms with Crippen LogP contribution in [0.4, 0.5) is 8.78 Å². The lowest BCUT2D eigenvalue weighted by molar-refractivity contribution is -0.433. The van der Waals surface area contributed by atoms with Gasteiger partial charge in [0.2, 0.25) is 0 Å². The topological polar surface area (TPSA) is 94.5 Å². The van der Waals surface area contributed by atoms with Gasteiger partial charge >= 0.3 is 11.2 Å². The summed E-state index contributed by atoms with van der Waals surface area (Å²) in [6.45, 7) is -0.252. The third kappa shape index (κ3) is 3.50. The maximum Gasteiger partial charge on any atom is 0.415 e. The van der Waals surface area contributed by atoms with Gasteiger partial charge in [-0.25, -0.2) is 10.1 Å². The largest absolute Gasteiger partial charge is 0.452 e. The molecule has 1 fully saturated rings. The van der Waals surface area contributed by atoms with Crippen LogP contribution in [0.25, 0.3) is 0 Å². The first-order chi connectivity index (χ1) is 7.47. The molecule has 16 heavy (non-hydrogen) atoms. The van der Waals surface area contributed by atoms with Crippen LogP contribution >= 0.6 is 12.0 Å². The van der Waals surface area contributed by atoms with E-state index in [4.69, 9.17) is 10.4 Å². The van der Waals surface area contributed by atoms with Crippen molar-refractivity contribution in [3.63, 3.8) is 0 Å². The van der Waals surface area contributed by atoms with Crippen LogP contribution in [0.3, 0.4) is 0 Å². The van der Waals surface area contributed by atoms with Gasteiger partial charge in [0.25, 0.3) is 0 Å². The second-order valence-corrected chi connectivity index (χ2v) is 3.61. The van der Waals surface area contributed by atoms with Crippen molar-refractivity contribution < 1.29 is 42.8 Å². The highest BCUT2D eigenvalue weighted by Gasteiger charge is 2.46. The number of aliphatic hydroxyl groups excluding tert-OH is 1. The summed E-state index contributed by atoms with van der Waals surface area (Å²) in [7, 11) is 0. The average Bonchev–Trinajstić information content (AvgIpc) is 2.61. The standard InChI is InChI=1S/C6H8F2O7S/c7-6(8,16-15-14-11)5(10)13-4-2-12-1-3(4)9/h3-4,9,11H,1-2H2. The molecule has 10 heteroatoms. The molecule has 0 aromatic carbocycles. The van der Waals surface area contributed by atoms with Gasteiger partial charge in [-0.05, 0) is 0 Å². The Morgan fingerprint density at radius 3 is 2.69 bits per heavy atom. The van der Waals surface area contributed by atoms with E-state index in [-0.39, 0.29) is 13.2 Å². The van der Waals surface area contributed by atoms with Crippen LogP contribution in [-0.4, -0.2) is 47.0 Å². The van der Waals surface area contributed by atoms with Crippen molar-refractivity contribution in [2.75, 3.05) is 13.2 Å². The monoisotopic (exact) mass is 262 g/mol. The van der Waals surface area contributed by atoms with Gasteiger partial charge < -0.3 is 14.6 Å². The highest BCUT2D eigenvalue weighted by atomic mass is 32.2. The van der Waals surface area contributed by atoms with Gasteiger partial charge in [-0.1, -0.05) is 5.04 Å². The second kappa shape index (κ2) is 5.70. The first kappa shape index (κ1) is 13.5. The summed E-state index contributed by atoms with van der Waals surface area (Å²) >= 11 is -0.731. The van der Waals surface area contributed by atoms with Gasteiger partial charge in [-0.15, -0.1) is 4.33 Å². The van der Waals surface area contributed by atoms with Crippen LogP contribution in [0.1, 0.15) is 0 Å². The fourth-order valence-electron chi connectivity index (χ4n) is 0.934. The fourth-order valence-corrected chi connectivity index (χ4v) is 1.17. The highest BCUT2D eigenvalue weighted by molar-refractivity contribution is 7.96. The van der Waals surface area contributed by atoms with E-state index in [1.807, 2.05) is 0 Å². The predicted octanol–water partition coefficient (Wildman–Crippen LogP) is -0.0485. The van der Waals surface area contributed by atoms with Gasteiger partial charge in [0.1, 0.15) is 18.1 Å². The number of halogens is 2. The van der Waals surface area contributed by atoms with Crippen LogP contribution < -0.4 is 0 Å². The molecule has 1 aliphatic rings. The Balaban J connectivity index is 2.43. The van der Waals surface area contributed by atoms with E-state index in [1.54, 1.807) is 0 Å². The highest BCUT2D eigenvalue weighted by Crippen LogP contribution is 2.32. The predicted molar refractivity (Wildman–Crippen MR) is 44.0 cm³/mol. The average molecular weight is 262 g/mol. The number of carbonyl (C=O) groups is 1. The van der Waals surface area contributed by atoms with Gasteiger partial charge in [-0.2, -0.15) is 8.78 Å². The Bertz CT molecular complexity index is 251. The van der Waals surface area contributed by atoms with Crippen LogP contribution in [-0.2, 0) is 23.6 Å². The lowest BCUT2D eigenvalue weighted by Crippen LogP contribution is -2.36. The minimum absolute atomic E-state index is 0.0904. The van der Waals surface area contributed by atoms with E-state index in [1.165, 1.54) is 0 Å². The SMILES string of the molecule is O=C(OC1COCC1O)C(F)(F)SOOO. The third-order valence-electron chi connectivity index (χ3n) is 1.67. The third-order valence-corrected chi connectivity index (χ3v) is 2.17. The molecule has 0 aliphatic carbocycles. The first-order valence-electron chi connectivity index (χ1n) is 3.98. The van der Waals surface area contributed by atoms with Crippen molar-refractivity contribution >= 4 is 18.0 Å². The molecule has 2 unspecified atom stereocenters. The summed E-state index contributed by atoms with van der Waals surface area (Å²) in [5.41, 5.74) is 0. The number of aliphatic hydroxyl groups is 1. The van der Waals surface area contributed by atoms with Crippen LogP contribution in [0.2, 0.25) is 0 Å². The van der Waals surface area contributed by atoms with E-state index < -0.39 is 35.5 Å². The van der Waals surface area contributed by atoms with Crippen LogP contribution in [0.5, 0.6) is 0 Å². The molecule has 2 N–H and O–H groups in total.